The van der Waals surface area contributed by atoms with Crippen LogP contribution in [0.25, 0.3) is 6.08 Å². The maximum atomic E-state index is 13.5. The van der Waals surface area contributed by atoms with Gasteiger partial charge in [-0.25, -0.2) is 4.39 Å². The van der Waals surface area contributed by atoms with Crippen molar-refractivity contribution in [1.82, 2.24) is 4.90 Å². The maximum Gasteiger partial charge on any atom is 0.267 e. The Labute approximate surface area is 252 Å². The first-order chi connectivity index (χ1) is 20.9. The molecule has 1 aliphatic heterocycles. The molecule has 1 N–H and O–H groups in total. The molecule has 0 radical (unpaired) electrons. The molecule has 0 saturated carbocycles. The number of halogens is 1. The van der Waals surface area contributed by atoms with Crippen molar-refractivity contribution in [3.8, 4) is 5.75 Å². The zero-order valence-electron chi connectivity index (χ0n) is 23.4. The highest BCUT2D eigenvalue weighted by Crippen LogP contribution is 2.35. The molecule has 4 aromatic rings. The minimum absolute atomic E-state index is 0.184. The molecular formula is C32H28FN5O4S. The first-order valence-electron chi connectivity index (χ1n) is 13.2. The number of carbonyl (C=O) groups excluding carboxylic acids is 2. The van der Waals surface area contributed by atoms with E-state index < -0.39 is 11.7 Å². The summed E-state index contributed by atoms with van der Waals surface area (Å²) >= 11 is 1.18. The Morgan fingerprint density at radius 3 is 2.53 bits per heavy atom. The van der Waals surface area contributed by atoms with Crippen LogP contribution in [-0.2, 0) is 16.1 Å². The minimum atomic E-state index is -0.409. The Morgan fingerprint density at radius 2 is 1.81 bits per heavy atom. The van der Waals surface area contributed by atoms with Crippen LogP contribution < -0.4 is 15.0 Å². The van der Waals surface area contributed by atoms with E-state index in [-0.39, 0.29) is 19.1 Å². The lowest BCUT2D eigenvalue weighted by molar-refractivity contribution is -0.122. The normalized spacial score (nSPS) is 15.0. The molecule has 9 nitrogen and oxygen atoms in total. The number of carbonyl (C=O) groups is 2. The topological polar surface area (TPSA) is 99.7 Å². The van der Waals surface area contributed by atoms with Crippen LogP contribution in [0.4, 0.5) is 15.8 Å². The number of hydrogen-bond acceptors (Lipinski definition) is 8. The highest BCUT2D eigenvalue weighted by molar-refractivity contribution is 8.18. The molecule has 3 aromatic carbocycles. The summed E-state index contributed by atoms with van der Waals surface area (Å²) < 4.78 is 24.4. The molecular weight excluding hydrogens is 569 g/mol. The van der Waals surface area contributed by atoms with Gasteiger partial charge in [-0.3, -0.25) is 14.5 Å². The van der Waals surface area contributed by atoms with Crippen molar-refractivity contribution in [3.05, 3.63) is 119 Å². The fourth-order valence-corrected chi connectivity index (χ4v) is 4.96. The third kappa shape index (κ3) is 7.77. The van der Waals surface area contributed by atoms with Gasteiger partial charge in [0.2, 0.25) is 0 Å². The molecule has 2 amide bonds. The molecule has 218 valence electrons. The summed E-state index contributed by atoms with van der Waals surface area (Å²) in [6.07, 6.45) is 4.87. The second-order valence-corrected chi connectivity index (χ2v) is 10.6. The quantitative estimate of drug-likeness (QED) is 0.137. The van der Waals surface area contributed by atoms with Crippen LogP contribution in [0.1, 0.15) is 16.9 Å². The molecule has 43 heavy (non-hydrogen) atoms. The summed E-state index contributed by atoms with van der Waals surface area (Å²) in [6, 6.07) is 23.9. The van der Waals surface area contributed by atoms with Crippen LogP contribution in [0.2, 0.25) is 0 Å². The number of para-hydroxylation sites is 1. The summed E-state index contributed by atoms with van der Waals surface area (Å²) in [6.45, 7) is -0.0933. The van der Waals surface area contributed by atoms with Gasteiger partial charge in [0.15, 0.2) is 11.8 Å². The predicted molar refractivity (Wildman–Crippen MR) is 168 cm³/mol. The second-order valence-electron chi connectivity index (χ2n) is 9.58. The molecule has 0 unspecified atom stereocenters. The number of rotatable bonds is 10. The largest absolute Gasteiger partial charge is 0.483 e. The van der Waals surface area contributed by atoms with Crippen molar-refractivity contribution >= 4 is 52.4 Å². The van der Waals surface area contributed by atoms with E-state index in [1.54, 1.807) is 48.9 Å². The molecule has 1 aromatic heterocycles. The molecule has 0 atom stereocenters. The average molecular weight is 598 g/mol. The standard InChI is InChI=1S/C32H28FN5O4S/c1-37(2)26-15-9-22(10-16-26)19-34-36-32-38(20-27-7-5-17-41-27)31(40)29(43-32)18-23-6-3-4-8-28(23)42-21-30(39)35-25-13-11-24(33)12-14-25/h3-19H,20-21H2,1-2H3,(H,35,39)/b29-18-,34-19-,36-32+. The number of anilines is 2. The van der Waals surface area contributed by atoms with Crippen molar-refractivity contribution in [2.45, 2.75) is 6.54 Å². The number of furan rings is 1. The lowest BCUT2D eigenvalue weighted by atomic mass is 10.2. The molecule has 11 heteroatoms. The smallest absolute Gasteiger partial charge is 0.267 e. The van der Waals surface area contributed by atoms with E-state index in [2.05, 4.69) is 15.5 Å². The summed E-state index contributed by atoms with van der Waals surface area (Å²) in [5, 5.41) is 11.7. The van der Waals surface area contributed by atoms with E-state index in [9.17, 15) is 14.0 Å². The van der Waals surface area contributed by atoms with Gasteiger partial charge in [-0.15, -0.1) is 5.10 Å². The third-order valence-corrected chi connectivity index (χ3v) is 7.23. The van der Waals surface area contributed by atoms with Crippen LogP contribution in [-0.4, -0.2) is 48.8 Å². The Kier molecular flexibility index (Phi) is 9.33. The highest BCUT2D eigenvalue weighted by Gasteiger charge is 2.34. The van der Waals surface area contributed by atoms with Gasteiger partial charge in [-0.05, 0) is 78.0 Å². The van der Waals surface area contributed by atoms with Crippen LogP contribution in [0.3, 0.4) is 0 Å². The van der Waals surface area contributed by atoms with Crippen LogP contribution in [0.15, 0.2) is 111 Å². The number of hydrogen-bond donors (Lipinski definition) is 1. The van der Waals surface area contributed by atoms with Gasteiger partial charge in [0.1, 0.15) is 17.3 Å². The Balaban J connectivity index is 1.33. The molecule has 0 bridgehead atoms. The summed E-state index contributed by atoms with van der Waals surface area (Å²) in [5.41, 5.74) is 3.00. The Bertz CT molecular complexity index is 1670. The fourth-order valence-electron chi connectivity index (χ4n) is 4.03. The van der Waals surface area contributed by atoms with E-state index in [0.29, 0.717) is 32.8 Å². The first-order valence-corrected chi connectivity index (χ1v) is 14.1. The van der Waals surface area contributed by atoms with Crippen molar-refractivity contribution in [2.24, 2.45) is 10.2 Å². The average Bonchev–Trinajstić information content (AvgIpc) is 3.62. The van der Waals surface area contributed by atoms with Crippen molar-refractivity contribution in [2.75, 3.05) is 30.9 Å². The molecule has 0 spiro atoms. The first kappa shape index (κ1) is 29.3. The predicted octanol–water partition coefficient (Wildman–Crippen LogP) is 6.01. The van der Waals surface area contributed by atoms with Gasteiger partial charge in [-0.2, -0.15) is 5.10 Å². The minimum Gasteiger partial charge on any atom is -0.483 e. The summed E-state index contributed by atoms with van der Waals surface area (Å²) in [4.78, 5) is 29.8. The van der Waals surface area contributed by atoms with Gasteiger partial charge in [-0.1, -0.05) is 30.3 Å². The number of benzene rings is 3. The highest BCUT2D eigenvalue weighted by atomic mass is 32.2. The molecule has 1 saturated heterocycles. The SMILES string of the molecule is CN(C)c1ccc(/C=N\N=C2\S/C(=C\c3ccccc3OCC(=O)Nc3ccc(F)cc3)C(=O)N2Cc2ccco2)cc1. The summed E-state index contributed by atoms with van der Waals surface area (Å²) in [5.74, 6) is -0.0572. The zero-order chi connectivity index (χ0) is 30.2. The molecule has 5 rings (SSSR count). The van der Waals surface area contributed by atoms with E-state index in [1.807, 2.05) is 49.3 Å². The van der Waals surface area contributed by atoms with Crippen molar-refractivity contribution < 1.29 is 23.1 Å². The number of amides is 2. The number of thioether (sulfide) groups is 1. The lowest BCUT2D eigenvalue weighted by Gasteiger charge is -2.13. The number of amidine groups is 1. The van der Waals surface area contributed by atoms with E-state index in [4.69, 9.17) is 9.15 Å². The maximum absolute atomic E-state index is 13.5. The molecule has 0 aliphatic carbocycles. The number of ether oxygens (including phenoxy) is 1. The van der Waals surface area contributed by atoms with Crippen molar-refractivity contribution in [1.29, 1.82) is 0 Å². The molecule has 1 fully saturated rings. The second kappa shape index (κ2) is 13.7. The monoisotopic (exact) mass is 597 g/mol. The number of nitrogens with one attached hydrogen (secondary N) is 1. The van der Waals surface area contributed by atoms with E-state index in [0.717, 1.165) is 11.3 Å². The molecule has 1 aliphatic rings. The van der Waals surface area contributed by atoms with Crippen LogP contribution in [0, 0.1) is 5.82 Å². The van der Waals surface area contributed by atoms with E-state index in [1.165, 1.54) is 40.9 Å². The van der Waals surface area contributed by atoms with Gasteiger partial charge in [0.25, 0.3) is 11.8 Å². The van der Waals surface area contributed by atoms with Crippen LogP contribution >= 0.6 is 11.8 Å². The van der Waals surface area contributed by atoms with Gasteiger partial charge in [0, 0.05) is 31.0 Å². The Morgan fingerprint density at radius 1 is 1.05 bits per heavy atom. The van der Waals surface area contributed by atoms with Crippen molar-refractivity contribution in [3.63, 3.8) is 0 Å². The Hall–Kier alpha value is -5.16. The number of nitrogens with zero attached hydrogens (tertiary/aromatic N) is 4. The molecule has 2 heterocycles. The van der Waals surface area contributed by atoms with Gasteiger partial charge < -0.3 is 19.4 Å². The van der Waals surface area contributed by atoms with Crippen LogP contribution in [0.5, 0.6) is 5.75 Å². The lowest BCUT2D eigenvalue weighted by Crippen LogP contribution is -2.28. The fraction of sp³-hybridized carbons (Fsp3) is 0.125. The third-order valence-electron chi connectivity index (χ3n) is 6.23. The van der Waals surface area contributed by atoms with Gasteiger partial charge in [0.05, 0.1) is 23.9 Å². The summed E-state index contributed by atoms with van der Waals surface area (Å²) in [7, 11) is 3.94. The zero-order valence-corrected chi connectivity index (χ0v) is 24.3. The van der Waals surface area contributed by atoms with Gasteiger partial charge >= 0.3 is 0 Å². The van der Waals surface area contributed by atoms with E-state index >= 15 is 0 Å².